The van der Waals surface area contributed by atoms with E-state index < -0.39 is 0 Å². The zero-order valence-electron chi connectivity index (χ0n) is 12.9. The van der Waals surface area contributed by atoms with Crippen LogP contribution in [0, 0.1) is 5.92 Å². The first-order valence-electron chi connectivity index (χ1n) is 8.02. The molecule has 0 aliphatic carbocycles. The molecule has 0 radical (unpaired) electrons. The van der Waals surface area contributed by atoms with Crippen molar-refractivity contribution >= 4 is 0 Å². The Hall–Kier alpha value is -1.84. The lowest BCUT2D eigenvalue weighted by molar-refractivity contribution is 0.208. The third-order valence-corrected chi connectivity index (χ3v) is 4.33. The predicted octanol–water partition coefficient (Wildman–Crippen LogP) is 2.92. The van der Waals surface area contributed by atoms with Crippen molar-refractivity contribution in [3.8, 4) is 5.75 Å². The first-order valence-corrected chi connectivity index (χ1v) is 8.02. The smallest absolute Gasteiger partial charge is 0.119 e. The highest BCUT2D eigenvalue weighted by atomic mass is 16.5. The van der Waals surface area contributed by atoms with Gasteiger partial charge in [0.2, 0.25) is 0 Å². The number of piperidine rings is 1. The number of nitrogens with two attached hydrogens (primary N) is 1. The predicted molar refractivity (Wildman–Crippen MR) is 90.0 cm³/mol. The summed E-state index contributed by atoms with van der Waals surface area (Å²) in [5.41, 5.74) is 8.21. The van der Waals surface area contributed by atoms with Crippen molar-refractivity contribution in [3.63, 3.8) is 0 Å². The third-order valence-electron chi connectivity index (χ3n) is 4.33. The summed E-state index contributed by atoms with van der Waals surface area (Å²) < 4.78 is 5.98. The van der Waals surface area contributed by atoms with Crippen molar-refractivity contribution in [3.05, 3.63) is 65.7 Å². The van der Waals surface area contributed by atoms with Gasteiger partial charge in [-0.3, -0.25) is 0 Å². The van der Waals surface area contributed by atoms with Gasteiger partial charge in [-0.1, -0.05) is 42.5 Å². The summed E-state index contributed by atoms with van der Waals surface area (Å²) in [5, 5.41) is 3.54. The van der Waals surface area contributed by atoms with E-state index in [-0.39, 0.29) is 0 Å². The first kappa shape index (κ1) is 15.1. The molecule has 0 saturated carbocycles. The zero-order valence-corrected chi connectivity index (χ0v) is 12.9. The van der Waals surface area contributed by atoms with Gasteiger partial charge in [0.15, 0.2) is 0 Å². The average molecular weight is 296 g/mol. The quantitative estimate of drug-likeness (QED) is 0.892. The average Bonchev–Trinajstić information content (AvgIpc) is 2.61. The van der Waals surface area contributed by atoms with Gasteiger partial charge in [-0.05, 0) is 35.6 Å². The highest BCUT2D eigenvalue weighted by molar-refractivity contribution is 5.28. The Morgan fingerprint density at radius 1 is 1.05 bits per heavy atom. The van der Waals surface area contributed by atoms with Gasteiger partial charge >= 0.3 is 0 Å². The normalized spacial score (nSPS) is 21.5. The van der Waals surface area contributed by atoms with Crippen LogP contribution >= 0.6 is 0 Å². The first-order chi connectivity index (χ1) is 10.8. The summed E-state index contributed by atoms with van der Waals surface area (Å²) in [7, 11) is 0. The van der Waals surface area contributed by atoms with E-state index in [9.17, 15) is 0 Å². The van der Waals surface area contributed by atoms with E-state index >= 15 is 0 Å². The van der Waals surface area contributed by atoms with E-state index in [0.717, 1.165) is 31.0 Å². The van der Waals surface area contributed by atoms with Crippen LogP contribution in [-0.2, 0) is 6.54 Å². The zero-order chi connectivity index (χ0) is 15.2. The summed E-state index contributed by atoms with van der Waals surface area (Å²) in [5.74, 6) is 2.05. The number of hydrogen-bond donors (Lipinski definition) is 2. The molecule has 1 aliphatic heterocycles. The van der Waals surface area contributed by atoms with Crippen LogP contribution in [0.5, 0.6) is 5.75 Å². The van der Waals surface area contributed by atoms with Gasteiger partial charge in [0.05, 0.1) is 6.61 Å². The van der Waals surface area contributed by atoms with E-state index in [0.29, 0.717) is 18.4 Å². The molecule has 2 atom stereocenters. The Morgan fingerprint density at radius 2 is 1.91 bits per heavy atom. The van der Waals surface area contributed by atoms with Crippen LogP contribution in [0.3, 0.4) is 0 Å². The minimum absolute atomic E-state index is 0.542. The molecule has 1 heterocycles. The van der Waals surface area contributed by atoms with Gasteiger partial charge in [0.1, 0.15) is 5.75 Å². The van der Waals surface area contributed by atoms with Gasteiger partial charge in [-0.25, -0.2) is 0 Å². The second-order valence-electron chi connectivity index (χ2n) is 6.03. The minimum Gasteiger partial charge on any atom is -0.493 e. The molecule has 3 heteroatoms. The number of benzene rings is 2. The molecule has 0 amide bonds. The number of ether oxygens (including phenoxy) is 1. The number of rotatable bonds is 5. The highest BCUT2D eigenvalue weighted by Crippen LogP contribution is 2.27. The van der Waals surface area contributed by atoms with Crippen molar-refractivity contribution in [2.75, 3.05) is 19.7 Å². The molecule has 0 unspecified atom stereocenters. The summed E-state index contributed by atoms with van der Waals surface area (Å²) in [6.45, 7) is 3.39. The molecule has 0 bridgehead atoms. The van der Waals surface area contributed by atoms with E-state index in [1.807, 2.05) is 24.3 Å². The van der Waals surface area contributed by atoms with Crippen LogP contribution in [0.2, 0.25) is 0 Å². The summed E-state index contributed by atoms with van der Waals surface area (Å²) in [4.78, 5) is 0. The molecule has 0 spiro atoms. The van der Waals surface area contributed by atoms with Gasteiger partial charge in [0.25, 0.3) is 0 Å². The van der Waals surface area contributed by atoms with Crippen LogP contribution < -0.4 is 15.8 Å². The van der Waals surface area contributed by atoms with Crippen molar-refractivity contribution in [1.29, 1.82) is 0 Å². The van der Waals surface area contributed by atoms with E-state index in [2.05, 4.69) is 35.6 Å². The lowest BCUT2D eigenvalue weighted by Gasteiger charge is -2.30. The summed E-state index contributed by atoms with van der Waals surface area (Å²) in [6, 6.07) is 18.8. The maximum absolute atomic E-state index is 5.98. The van der Waals surface area contributed by atoms with E-state index in [1.54, 1.807) is 0 Å². The molecule has 3 rings (SSSR count). The van der Waals surface area contributed by atoms with Crippen LogP contribution in [0.4, 0.5) is 0 Å². The fourth-order valence-corrected chi connectivity index (χ4v) is 3.11. The Morgan fingerprint density at radius 3 is 2.73 bits per heavy atom. The van der Waals surface area contributed by atoms with E-state index in [1.165, 1.54) is 12.0 Å². The van der Waals surface area contributed by atoms with Crippen molar-refractivity contribution < 1.29 is 4.74 Å². The Bertz CT molecular complexity index is 585. The van der Waals surface area contributed by atoms with Crippen molar-refractivity contribution in [2.24, 2.45) is 11.7 Å². The van der Waals surface area contributed by atoms with Crippen molar-refractivity contribution in [1.82, 2.24) is 5.32 Å². The third kappa shape index (κ3) is 3.87. The Kier molecular flexibility index (Phi) is 5.09. The largest absolute Gasteiger partial charge is 0.493 e. The molecule has 3 N–H and O–H groups in total. The molecule has 1 aliphatic rings. The lowest BCUT2D eigenvalue weighted by Crippen LogP contribution is -2.37. The second kappa shape index (κ2) is 7.43. The highest BCUT2D eigenvalue weighted by Gasteiger charge is 2.23. The molecule has 1 fully saturated rings. The molecule has 1 saturated heterocycles. The van der Waals surface area contributed by atoms with Crippen LogP contribution in [0.1, 0.15) is 23.5 Å². The number of nitrogens with one attached hydrogen (secondary N) is 1. The topological polar surface area (TPSA) is 47.3 Å². The van der Waals surface area contributed by atoms with Gasteiger partial charge < -0.3 is 15.8 Å². The Labute approximate surface area is 132 Å². The van der Waals surface area contributed by atoms with Gasteiger partial charge in [0, 0.05) is 25.6 Å². The maximum Gasteiger partial charge on any atom is 0.119 e. The maximum atomic E-state index is 5.98. The fourth-order valence-electron chi connectivity index (χ4n) is 3.11. The standard InChI is InChI=1S/C19H24N2O/c20-11-15-5-4-8-19(10-15)22-14-16-9-18(13-21-12-16)17-6-2-1-3-7-17/h1-8,10,16,18,21H,9,11-14,20H2/t16-,18-/m0/s1. The van der Waals surface area contributed by atoms with Gasteiger partial charge in [-0.2, -0.15) is 0 Å². The molecular weight excluding hydrogens is 272 g/mol. The van der Waals surface area contributed by atoms with Crippen molar-refractivity contribution in [2.45, 2.75) is 18.9 Å². The SMILES string of the molecule is NCc1cccc(OC[C@@H]2CNC[C@@H](c3ccccc3)C2)c1. The summed E-state index contributed by atoms with van der Waals surface area (Å²) in [6.07, 6.45) is 1.17. The summed E-state index contributed by atoms with van der Waals surface area (Å²) >= 11 is 0. The van der Waals surface area contributed by atoms with Crippen LogP contribution in [-0.4, -0.2) is 19.7 Å². The van der Waals surface area contributed by atoms with Gasteiger partial charge in [-0.15, -0.1) is 0 Å². The number of hydrogen-bond acceptors (Lipinski definition) is 3. The molecule has 116 valence electrons. The molecule has 2 aromatic carbocycles. The monoisotopic (exact) mass is 296 g/mol. The second-order valence-corrected chi connectivity index (χ2v) is 6.03. The van der Waals surface area contributed by atoms with Crippen LogP contribution in [0.25, 0.3) is 0 Å². The fraction of sp³-hybridized carbons (Fsp3) is 0.368. The molecule has 2 aromatic rings. The van der Waals surface area contributed by atoms with E-state index in [4.69, 9.17) is 10.5 Å². The van der Waals surface area contributed by atoms with Crippen LogP contribution in [0.15, 0.2) is 54.6 Å². The molecule has 0 aromatic heterocycles. The molecule has 22 heavy (non-hydrogen) atoms. The molecule has 3 nitrogen and oxygen atoms in total. The minimum atomic E-state index is 0.542. The Balaban J connectivity index is 1.56. The lowest BCUT2D eigenvalue weighted by atomic mass is 9.86. The molecular formula is C19H24N2O.